The predicted octanol–water partition coefficient (Wildman–Crippen LogP) is 8.53. The molecule has 0 saturated carbocycles. The van der Waals surface area contributed by atoms with Crippen molar-refractivity contribution >= 4 is 6.16 Å². The van der Waals surface area contributed by atoms with Gasteiger partial charge in [0.15, 0.2) is 0 Å². The zero-order chi connectivity index (χ0) is 21.2. The van der Waals surface area contributed by atoms with Gasteiger partial charge in [0.25, 0.3) is 0 Å². The van der Waals surface area contributed by atoms with E-state index in [-0.39, 0.29) is 12.2 Å². The van der Waals surface area contributed by atoms with Gasteiger partial charge in [-0.1, -0.05) is 78.4 Å². The first-order valence-corrected chi connectivity index (χ1v) is 11.7. The van der Waals surface area contributed by atoms with E-state index in [1.165, 1.54) is 49.7 Å². The lowest BCUT2D eigenvalue weighted by atomic mass is 10.0. The zero-order valence-electron chi connectivity index (χ0n) is 19.5. The summed E-state index contributed by atoms with van der Waals surface area (Å²) >= 11 is 0. The highest BCUT2D eigenvalue weighted by atomic mass is 16.7. The zero-order valence-corrected chi connectivity index (χ0v) is 19.5. The molecular weight excluding hydrogens is 348 g/mol. The quantitative estimate of drug-likeness (QED) is 0.149. The molecule has 0 amide bonds. The molecule has 0 radical (unpaired) electrons. The minimum absolute atomic E-state index is 0.218. The summed E-state index contributed by atoms with van der Waals surface area (Å²) in [6.45, 7) is 12.6. The van der Waals surface area contributed by atoms with Crippen LogP contribution in [0.3, 0.4) is 0 Å². The van der Waals surface area contributed by atoms with Gasteiger partial charge in [-0.3, -0.25) is 0 Å². The second kappa shape index (κ2) is 17.8. The Morgan fingerprint density at radius 2 is 1.07 bits per heavy atom. The maximum Gasteiger partial charge on any atom is 0.509 e. The molecule has 3 nitrogen and oxygen atoms in total. The topological polar surface area (TPSA) is 35.5 Å². The maximum atomic E-state index is 12.3. The van der Waals surface area contributed by atoms with Gasteiger partial charge in [-0.2, -0.15) is 0 Å². The minimum atomic E-state index is -0.550. The van der Waals surface area contributed by atoms with Gasteiger partial charge < -0.3 is 9.47 Å². The van der Waals surface area contributed by atoms with Crippen LogP contribution in [-0.4, -0.2) is 18.4 Å². The van der Waals surface area contributed by atoms with Crippen LogP contribution in [0, 0.1) is 0 Å². The molecule has 0 bridgehead atoms. The molecule has 2 unspecified atom stereocenters. The molecule has 0 spiro atoms. The third-order valence-corrected chi connectivity index (χ3v) is 5.16. The Morgan fingerprint density at radius 1 is 0.679 bits per heavy atom. The lowest BCUT2D eigenvalue weighted by Gasteiger charge is -2.21. The van der Waals surface area contributed by atoms with Gasteiger partial charge in [-0.15, -0.1) is 0 Å². The van der Waals surface area contributed by atoms with Crippen LogP contribution >= 0.6 is 0 Å². The standard InChI is InChI=1S/C25H46O3/c1-7-11-13-15-19-23(17-9-3)21(5)27-25(26)28-22(6)24(18-10-4)20-16-14-12-8-2/h17-18,21-22H,7-16,19-20H2,1-6H3/b23-17-,24-18-. The number of rotatable bonds is 16. The fraction of sp³-hybridized carbons (Fsp3) is 0.800. The van der Waals surface area contributed by atoms with Gasteiger partial charge in [0.05, 0.1) is 0 Å². The van der Waals surface area contributed by atoms with Crippen LogP contribution in [0.1, 0.15) is 119 Å². The van der Waals surface area contributed by atoms with Crippen molar-refractivity contribution in [3.63, 3.8) is 0 Å². The van der Waals surface area contributed by atoms with Crippen LogP contribution in [0.5, 0.6) is 0 Å². The molecule has 2 atom stereocenters. The largest absolute Gasteiger partial charge is 0.509 e. The Morgan fingerprint density at radius 3 is 1.39 bits per heavy atom. The number of hydrogen-bond donors (Lipinski definition) is 0. The van der Waals surface area contributed by atoms with E-state index in [0.717, 1.165) is 38.5 Å². The molecule has 0 heterocycles. The van der Waals surface area contributed by atoms with Gasteiger partial charge in [0.2, 0.25) is 0 Å². The predicted molar refractivity (Wildman–Crippen MR) is 121 cm³/mol. The average molecular weight is 395 g/mol. The van der Waals surface area contributed by atoms with E-state index in [4.69, 9.17) is 9.47 Å². The lowest BCUT2D eigenvalue weighted by molar-refractivity contribution is 0.0228. The molecule has 0 rings (SSSR count). The van der Waals surface area contributed by atoms with Crippen LogP contribution in [0.4, 0.5) is 4.79 Å². The van der Waals surface area contributed by atoms with E-state index in [2.05, 4.69) is 39.8 Å². The highest BCUT2D eigenvalue weighted by Crippen LogP contribution is 2.20. The summed E-state index contributed by atoms with van der Waals surface area (Å²) in [5, 5.41) is 0. The number of allylic oxidation sites excluding steroid dienone is 2. The second-order valence-electron chi connectivity index (χ2n) is 7.77. The van der Waals surface area contributed by atoms with E-state index in [0.29, 0.717) is 0 Å². The van der Waals surface area contributed by atoms with Gasteiger partial charge in [-0.25, -0.2) is 4.79 Å². The van der Waals surface area contributed by atoms with Gasteiger partial charge in [-0.05, 0) is 63.5 Å². The van der Waals surface area contributed by atoms with Crippen molar-refractivity contribution in [2.45, 2.75) is 131 Å². The number of unbranched alkanes of at least 4 members (excludes halogenated alkanes) is 6. The van der Waals surface area contributed by atoms with Crippen molar-refractivity contribution < 1.29 is 14.3 Å². The highest BCUT2D eigenvalue weighted by Gasteiger charge is 2.19. The van der Waals surface area contributed by atoms with Crippen LogP contribution in [-0.2, 0) is 9.47 Å². The summed E-state index contributed by atoms with van der Waals surface area (Å²) in [6, 6.07) is 0. The van der Waals surface area contributed by atoms with Crippen molar-refractivity contribution in [2.75, 3.05) is 0 Å². The highest BCUT2D eigenvalue weighted by molar-refractivity contribution is 5.61. The summed E-state index contributed by atoms with van der Waals surface area (Å²) in [5.41, 5.74) is 2.43. The monoisotopic (exact) mass is 394 g/mol. The summed E-state index contributed by atoms with van der Waals surface area (Å²) < 4.78 is 11.2. The SMILES string of the molecule is CC/C=C(/CCCCCC)C(C)OC(=O)OC(C)/C(=C\CC)CCCCCC. The molecule has 0 aromatic carbocycles. The normalized spacial score (nSPS) is 14.6. The second-order valence-corrected chi connectivity index (χ2v) is 7.77. The van der Waals surface area contributed by atoms with E-state index in [1.54, 1.807) is 0 Å². The third-order valence-electron chi connectivity index (χ3n) is 5.16. The van der Waals surface area contributed by atoms with Crippen molar-refractivity contribution in [2.24, 2.45) is 0 Å². The fourth-order valence-corrected chi connectivity index (χ4v) is 3.45. The number of hydrogen-bond acceptors (Lipinski definition) is 3. The van der Waals surface area contributed by atoms with Crippen LogP contribution < -0.4 is 0 Å². The summed E-state index contributed by atoms with van der Waals surface area (Å²) in [7, 11) is 0. The molecule has 164 valence electrons. The molecule has 0 aliphatic heterocycles. The van der Waals surface area contributed by atoms with Crippen molar-refractivity contribution in [1.82, 2.24) is 0 Å². The van der Waals surface area contributed by atoms with Gasteiger partial charge in [0.1, 0.15) is 12.2 Å². The smallest absolute Gasteiger partial charge is 0.427 e. The Balaban J connectivity index is 4.58. The van der Waals surface area contributed by atoms with E-state index in [9.17, 15) is 4.79 Å². The first kappa shape index (κ1) is 26.8. The van der Waals surface area contributed by atoms with Crippen molar-refractivity contribution in [3.8, 4) is 0 Å². The third kappa shape index (κ3) is 13.0. The van der Waals surface area contributed by atoms with Crippen molar-refractivity contribution in [1.29, 1.82) is 0 Å². The molecule has 3 heteroatoms. The van der Waals surface area contributed by atoms with Crippen LogP contribution in [0.25, 0.3) is 0 Å². The van der Waals surface area contributed by atoms with Crippen molar-refractivity contribution in [3.05, 3.63) is 23.3 Å². The molecule has 0 fully saturated rings. The summed E-state index contributed by atoms with van der Waals surface area (Å²) in [5.74, 6) is 0. The maximum absolute atomic E-state index is 12.3. The summed E-state index contributed by atoms with van der Waals surface area (Å²) in [4.78, 5) is 12.3. The Labute approximate surface area is 175 Å². The van der Waals surface area contributed by atoms with E-state index >= 15 is 0 Å². The summed E-state index contributed by atoms with van der Waals surface area (Å²) in [6.07, 6.45) is 17.1. The Bertz CT molecular complexity index is 411. The first-order chi connectivity index (χ1) is 13.5. The molecule has 0 N–H and O–H groups in total. The molecular formula is C25H46O3. The fourth-order valence-electron chi connectivity index (χ4n) is 3.45. The van der Waals surface area contributed by atoms with Crippen LogP contribution in [0.15, 0.2) is 23.3 Å². The number of ether oxygens (including phenoxy) is 2. The molecule has 0 aliphatic carbocycles. The average Bonchev–Trinajstić information content (AvgIpc) is 2.66. The molecule has 0 aliphatic rings. The number of carbonyl (C=O) groups excluding carboxylic acids is 1. The molecule has 0 aromatic heterocycles. The first-order valence-electron chi connectivity index (χ1n) is 11.7. The van der Waals surface area contributed by atoms with Crippen LogP contribution in [0.2, 0.25) is 0 Å². The van der Waals surface area contributed by atoms with Gasteiger partial charge >= 0.3 is 6.16 Å². The Hall–Kier alpha value is -1.25. The Kier molecular flexibility index (Phi) is 17.0. The molecule has 28 heavy (non-hydrogen) atoms. The molecule has 0 saturated heterocycles. The number of carbonyl (C=O) groups is 1. The molecule has 0 aromatic rings. The minimum Gasteiger partial charge on any atom is -0.427 e. The van der Waals surface area contributed by atoms with E-state index in [1.807, 2.05) is 13.8 Å². The van der Waals surface area contributed by atoms with E-state index < -0.39 is 6.16 Å². The van der Waals surface area contributed by atoms with Gasteiger partial charge in [0, 0.05) is 0 Å². The lowest BCUT2D eigenvalue weighted by Crippen LogP contribution is -2.23.